The summed E-state index contributed by atoms with van der Waals surface area (Å²) in [6.45, 7) is 8.35. The van der Waals surface area contributed by atoms with Crippen LogP contribution in [0, 0.1) is 0 Å². The van der Waals surface area contributed by atoms with Gasteiger partial charge in [0.2, 0.25) is 0 Å². The SMILES string of the molecule is CCCNC(=O)N(CC)CC. The molecule has 0 aromatic heterocycles. The van der Waals surface area contributed by atoms with Crippen LogP contribution in [-0.4, -0.2) is 30.6 Å². The number of amides is 2. The first-order chi connectivity index (χ1) is 5.26. The number of hydrogen-bond acceptors (Lipinski definition) is 1. The van der Waals surface area contributed by atoms with Gasteiger partial charge in [-0.15, -0.1) is 0 Å². The van der Waals surface area contributed by atoms with Crippen molar-refractivity contribution in [2.75, 3.05) is 19.6 Å². The molecule has 0 saturated heterocycles. The molecular formula is C8H18N2O. The second-order valence-electron chi connectivity index (χ2n) is 2.40. The topological polar surface area (TPSA) is 32.3 Å². The fourth-order valence-electron chi connectivity index (χ4n) is 0.855. The molecular weight excluding hydrogens is 140 g/mol. The van der Waals surface area contributed by atoms with Gasteiger partial charge in [-0.05, 0) is 20.3 Å². The number of hydrogen-bond donors (Lipinski definition) is 1. The van der Waals surface area contributed by atoms with Gasteiger partial charge >= 0.3 is 6.03 Å². The van der Waals surface area contributed by atoms with Crippen LogP contribution < -0.4 is 5.32 Å². The first kappa shape index (κ1) is 10.3. The zero-order valence-electron chi connectivity index (χ0n) is 7.68. The van der Waals surface area contributed by atoms with Crippen LogP contribution in [-0.2, 0) is 0 Å². The van der Waals surface area contributed by atoms with Gasteiger partial charge in [-0.25, -0.2) is 4.79 Å². The lowest BCUT2D eigenvalue weighted by Gasteiger charge is -2.18. The molecule has 0 aromatic carbocycles. The Morgan fingerprint density at radius 3 is 2.18 bits per heavy atom. The van der Waals surface area contributed by atoms with Gasteiger partial charge in [0.1, 0.15) is 0 Å². The van der Waals surface area contributed by atoms with Gasteiger partial charge in [0.05, 0.1) is 0 Å². The number of carbonyl (C=O) groups excluding carboxylic acids is 1. The molecule has 0 aliphatic rings. The second kappa shape index (κ2) is 6.01. The summed E-state index contributed by atoms with van der Waals surface area (Å²) in [5.74, 6) is 0. The summed E-state index contributed by atoms with van der Waals surface area (Å²) in [7, 11) is 0. The summed E-state index contributed by atoms with van der Waals surface area (Å²) >= 11 is 0. The van der Waals surface area contributed by atoms with Crippen LogP contribution >= 0.6 is 0 Å². The number of nitrogens with zero attached hydrogens (tertiary/aromatic N) is 1. The monoisotopic (exact) mass is 158 g/mol. The largest absolute Gasteiger partial charge is 0.338 e. The average molecular weight is 158 g/mol. The molecule has 0 saturated carbocycles. The molecule has 11 heavy (non-hydrogen) atoms. The molecule has 0 aliphatic carbocycles. The predicted octanol–water partition coefficient (Wildman–Crippen LogP) is 1.45. The number of urea groups is 1. The highest BCUT2D eigenvalue weighted by Gasteiger charge is 2.05. The van der Waals surface area contributed by atoms with Gasteiger partial charge in [0, 0.05) is 19.6 Å². The van der Waals surface area contributed by atoms with E-state index in [0.29, 0.717) is 0 Å². The maximum atomic E-state index is 11.2. The van der Waals surface area contributed by atoms with E-state index in [-0.39, 0.29) is 6.03 Å². The van der Waals surface area contributed by atoms with Crippen LogP contribution in [0.1, 0.15) is 27.2 Å². The third-order valence-electron chi connectivity index (χ3n) is 1.58. The number of nitrogens with one attached hydrogen (secondary N) is 1. The third kappa shape index (κ3) is 3.86. The molecule has 0 atom stereocenters. The minimum Gasteiger partial charge on any atom is -0.338 e. The molecule has 2 amide bonds. The highest BCUT2D eigenvalue weighted by molar-refractivity contribution is 5.73. The Morgan fingerprint density at radius 2 is 1.82 bits per heavy atom. The maximum Gasteiger partial charge on any atom is 0.317 e. The number of rotatable bonds is 4. The lowest BCUT2D eigenvalue weighted by Crippen LogP contribution is -2.39. The summed E-state index contributed by atoms with van der Waals surface area (Å²) in [5, 5.41) is 2.82. The highest BCUT2D eigenvalue weighted by Crippen LogP contribution is 1.87. The van der Waals surface area contributed by atoms with Gasteiger partial charge in [0.15, 0.2) is 0 Å². The van der Waals surface area contributed by atoms with E-state index < -0.39 is 0 Å². The molecule has 3 nitrogen and oxygen atoms in total. The highest BCUT2D eigenvalue weighted by atomic mass is 16.2. The van der Waals surface area contributed by atoms with Gasteiger partial charge in [-0.3, -0.25) is 0 Å². The van der Waals surface area contributed by atoms with Gasteiger partial charge in [0.25, 0.3) is 0 Å². The molecule has 3 heteroatoms. The zero-order valence-corrected chi connectivity index (χ0v) is 7.68. The van der Waals surface area contributed by atoms with Crippen molar-refractivity contribution in [3.63, 3.8) is 0 Å². The molecule has 0 radical (unpaired) electrons. The minimum atomic E-state index is 0.0526. The molecule has 0 aromatic rings. The standard InChI is InChI=1S/C8H18N2O/c1-4-7-9-8(11)10(5-2)6-3/h4-7H2,1-3H3,(H,9,11). The van der Waals surface area contributed by atoms with E-state index in [1.807, 2.05) is 20.8 Å². The average Bonchev–Trinajstić information content (AvgIpc) is 2.03. The van der Waals surface area contributed by atoms with Crippen molar-refractivity contribution in [1.29, 1.82) is 0 Å². The molecule has 66 valence electrons. The van der Waals surface area contributed by atoms with Crippen molar-refractivity contribution in [3.8, 4) is 0 Å². The Hall–Kier alpha value is -0.730. The quantitative estimate of drug-likeness (QED) is 0.660. The van der Waals surface area contributed by atoms with Crippen LogP contribution in [0.3, 0.4) is 0 Å². The summed E-state index contributed by atoms with van der Waals surface area (Å²) in [6, 6.07) is 0.0526. The van der Waals surface area contributed by atoms with Crippen molar-refractivity contribution in [2.24, 2.45) is 0 Å². The summed E-state index contributed by atoms with van der Waals surface area (Å²) in [4.78, 5) is 13.0. The van der Waals surface area contributed by atoms with Crippen LogP contribution in [0.4, 0.5) is 4.79 Å². The molecule has 0 unspecified atom stereocenters. The van der Waals surface area contributed by atoms with E-state index in [1.54, 1.807) is 4.90 Å². The zero-order chi connectivity index (χ0) is 8.69. The lowest BCUT2D eigenvalue weighted by molar-refractivity contribution is 0.203. The third-order valence-corrected chi connectivity index (χ3v) is 1.58. The van der Waals surface area contributed by atoms with E-state index in [9.17, 15) is 4.79 Å². The normalized spacial score (nSPS) is 9.36. The fraction of sp³-hybridized carbons (Fsp3) is 0.875. The summed E-state index contributed by atoms with van der Waals surface area (Å²) in [6.07, 6.45) is 0.993. The maximum absolute atomic E-state index is 11.2. The minimum absolute atomic E-state index is 0.0526. The van der Waals surface area contributed by atoms with E-state index in [4.69, 9.17) is 0 Å². The molecule has 0 bridgehead atoms. The van der Waals surface area contributed by atoms with Crippen LogP contribution in [0.5, 0.6) is 0 Å². The van der Waals surface area contributed by atoms with Crippen molar-refractivity contribution in [2.45, 2.75) is 27.2 Å². The van der Waals surface area contributed by atoms with E-state index in [1.165, 1.54) is 0 Å². The molecule has 0 aliphatic heterocycles. The Morgan fingerprint density at radius 1 is 1.27 bits per heavy atom. The first-order valence-electron chi connectivity index (χ1n) is 4.29. The molecule has 1 N–H and O–H groups in total. The van der Waals surface area contributed by atoms with Crippen LogP contribution in [0.15, 0.2) is 0 Å². The molecule has 0 heterocycles. The Labute approximate surface area is 68.8 Å². The molecule has 0 fully saturated rings. The number of carbonyl (C=O) groups is 1. The second-order valence-corrected chi connectivity index (χ2v) is 2.40. The van der Waals surface area contributed by atoms with Crippen molar-refractivity contribution in [1.82, 2.24) is 10.2 Å². The van der Waals surface area contributed by atoms with Gasteiger partial charge in [-0.1, -0.05) is 6.92 Å². The summed E-state index contributed by atoms with van der Waals surface area (Å²) < 4.78 is 0. The van der Waals surface area contributed by atoms with Crippen LogP contribution in [0.25, 0.3) is 0 Å². The molecule has 0 rings (SSSR count). The fourth-order valence-corrected chi connectivity index (χ4v) is 0.855. The van der Waals surface area contributed by atoms with E-state index in [2.05, 4.69) is 5.32 Å². The lowest BCUT2D eigenvalue weighted by atomic mass is 10.5. The predicted molar refractivity (Wildman–Crippen MR) is 46.6 cm³/mol. The van der Waals surface area contributed by atoms with Crippen LogP contribution in [0.2, 0.25) is 0 Å². The van der Waals surface area contributed by atoms with Crippen molar-refractivity contribution < 1.29 is 4.79 Å². The molecule has 0 spiro atoms. The smallest absolute Gasteiger partial charge is 0.317 e. The van der Waals surface area contributed by atoms with E-state index >= 15 is 0 Å². The van der Waals surface area contributed by atoms with Crippen molar-refractivity contribution >= 4 is 6.03 Å². The Balaban J connectivity index is 3.61. The summed E-state index contributed by atoms with van der Waals surface area (Å²) in [5.41, 5.74) is 0. The van der Waals surface area contributed by atoms with E-state index in [0.717, 1.165) is 26.1 Å². The van der Waals surface area contributed by atoms with Gasteiger partial charge in [-0.2, -0.15) is 0 Å². The Bertz CT molecular complexity index is 111. The first-order valence-corrected chi connectivity index (χ1v) is 4.29. The van der Waals surface area contributed by atoms with Gasteiger partial charge < -0.3 is 10.2 Å². The Kier molecular flexibility index (Phi) is 5.61. The van der Waals surface area contributed by atoms with Crippen molar-refractivity contribution in [3.05, 3.63) is 0 Å².